The van der Waals surface area contributed by atoms with E-state index in [1.807, 2.05) is 12.1 Å². The summed E-state index contributed by atoms with van der Waals surface area (Å²) in [6, 6.07) is 25.7. The lowest BCUT2D eigenvalue weighted by Crippen LogP contribution is -2.33. The third kappa shape index (κ3) is 1.92. The maximum Gasteiger partial charge on any atom is 0.132 e. The summed E-state index contributed by atoms with van der Waals surface area (Å²) in [7, 11) is 0. The Labute approximate surface area is 169 Å². The second-order valence-electron chi connectivity index (χ2n) is 8.07. The highest BCUT2D eigenvalue weighted by Crippen LogP contribution is 2.63. The van der Waals surface area contributed by atoms with Gasteiger partial charge < -0.3 is 4.74 Å². The normalized spacial score (nSPS) is 22.9. The van der Waals surface area contributed by atoms with Crippen molar-refractivity contribution in [3.05, 3.63) is 113 Å². The monoisotopic (exact) mass is 382 g/mol. The predicted octanol–water partition coefficient (Wildman–Crippen LogP) is 6.85. The molecule has 1 heterocycles. The van der Waals surface area contributed by atoms with Crippen molar-refractivity contribution >= 4 is 17.2 Å². The number of para-hydroxylation sites is 2. The molecular formula is C26H19ClO. The molecule has 28 heavy (non-hydrogen) atoms. The Morgan fingerprint density at radius 2 is 1.36 bits per heavy atom. The molecule has 0 N–H and O–H groups in total. The highest BCUT2D eigenvalue weighted by molar-refractivity contribution is 6.26. The molecule has 1 spiro atoms. The van der Waals surface area contributed by atoms with Gasteiger partial charge in [0, 0.05) is 11.1 Å². The number of ether oxygens (including phenoxy) is 1. The Morgan fingerprint density at radius 1 is 0.786 bits per heavy atom. The van der Waals surface area contributed by atoms with E-state index in [-0.39, 0.29) is 10.3 Å². The minimum absolute atomic E-state index is 0.359. The third-order valence-electron chi connectivity index (χ3n) is 6.31. The van der Waals surface area contributed by atoms with Crippen molar-refractivity contribution in [3.63, 3.8) is 0 Å². The topological polar surface area (TPSA) is 9.23 Å². The fourth-order valence-electron chi connectivity index (χ4n) is 5.24. The summed E-state index contributed by atoms with van der Waals surface area (Å²) in [6.07, 6.45) is 5.23. The average molecular weight is 383 g/mol. The second-order valence-corrected chi connectivity index (χ2v) is 8.93. The van der Waals surface area contributed by atoms with Gasteiger partial charge in [0.05, 0.1) is 10.3 Å². The minimum atomic E-state index is -0.360. The Morgan fingerprint density at radius 3 is 2.04 bits per heavy atom. The van der Waals surface area contributed by atoms with Gasteiger partial charge in [-0.1, -0.05) is 72.8 Å². The zero-order chi connectivity index (χ0) is 18.9. The zero-order valence-electron chi connectivity index (χ0n) is 15.6. The van der Waals surface area contributed by atoms with Gasteiger partial charge in [-0.05, 0) is 47.8 Å². The van der Waals surface area contributed by atoms with Crippen LogP contribution in [0.25, 0.3) is 5.57 Å². The lowest BCUT2D eigenvalue weighted by Gasteiger charge is -2.40. The van der Waals surface area contributed by atoms with E-state index >= 15 is 0 Å². The van der Waals surface area contributed by atoms with Gasteiger partial charge in [-0.2, -0.15) is 0 Å². The zero-order valence-corrected chi connectivity index (χ0v) is 16.3. The van der Waals surface area contributed by atoms with E-state index in [4.69, 9.17) is 16.3 Å². The molecule has 0 saturated carbocycles. The van der Waals surface area contributed by atoms with Gasteiger partial charge in [0.2, 0.25) is 0 Å². The molecule has 136 valence electrons. The van der Waals surface area contributed by atoms with Crippen molar-refractivity contribution < 1.29 is 4.74 Å². The summed E-state index contributed by atoms with van der Waals surface area (Å²) < 4.78 is 6.33. The van der Waals surface area contributed by atoms with Crippen LogP contribution < -0.4 is 4.74 Å². The number of hydrogen-bond acceptors (Lipinski definition) is 1. The SMILES string of the molecule is CC1(Cl)C=CC2=C(C1)c1ccccc1C21c2ccccc2Oc2ccccc21. The summed E-state index contributed by atoms with van der Waals surface area (Å²) >= 11 is 6.79. The highest BCUT2D eigenvalue weighted by atomic mass is 35.5. The Bertz CT molecular complexity index is 1150. The first-order chi connectivity index (χ1) is 13.6. The standard InChI is InChI=1S/C26H19ClO/c1-25(27)15-14-20-18(16-25)17-8-2-3-9-19(17)26(20)21-10-4-6-12-23(21)28-24-13-7-5-11-22(24)26/h2-15H,16H2,1H3. The number of rotatable bonds is 0. The molecule has 6 rings (SSSR count). The molecule has 1 unspecified atom stereocenters. The molecule has 0 bridgehead atoms. The van der Waals surface area contributed by atoms with Crippen LogP contribution in [0.1, 0.15) is 35.6 Å². The molecule has 0 saturated heterocycles. The van der Waals surface area contributed by atoms with Crippen molar-refractivity contribution in [2.24, 2.45) is 0 Å². The quantitative estimate of drug-likeness (QED) is 0.386. The summed E-state index contributed by atoms with van der Waals surface area (Å²) in [5, 5.41) is 0. The smallest absolute Gasteiger partial charge is 0.132 e. The van der Waals surface area contributed by atoms with E-state index in [2.05, 4.69) is 79.7 Å². The molecule has 0 amide bonds. The maximum absolute atomic E-state index is 6.79. The predicted molar refractivity (Wildman–Crippen MR) is 114 cm³/mol. The Kier molecular flexibility index (Phi) is 3.12. The molecule has 1 atom stereocenters. The first kappa shape index (κ1) is 16.2. The molecule has 3 aliphatic rings. The Hall–Kier alpha value is -2.77. The summed E-state index contributed by atoms with van der Waals surface area (Å²) in [5.41, 5.74) is 7.35. The van der Waals surface area contributed by atoms with Crippen molar-refractivity contribution in [1.82, 2.24) is 0 Å². The first-order valence-corrected chi connectivity index (χ1v) is 10.1. The summed E-state index contributed by atoms with van der Waals surface area (Å²) in [6.45, 7) is 2.09. The van der Waals surface area contributed by atoms with Crippen LogP contribution >= 0.6 is 11.6 Å². The van der Waals surface area contributed by atoms with Gasteiger partial charge in [-0.3, -0.25) is 0 Å². The van der Waals surface area contributed by atoms with E-state index in [0.29, 0.717) is 0 Å². The van der Waals surface area contributed by atoms with E-state index in [1.165, 1.54) is 33.4 Å². The summed E-state index contributed by atoms with van der Waals surface area (Å²) in [5.74, 6) is 1.86. The highest BCUT2D eigenvalue weighted by Gasteiger charge is 2.52. The van der Waals surface area contributed by atoms with Crippen LogP contribution in [0, 0.1) is 0 Å². The fourth-order valence-corrected chi connectivity index (χ4v) is 5.44. The molecule has 1 nitrogen and oxygen atoms in total. The molecule has 0 radical (unpaired) electrons. The second kappa shape index (κ2) is 5.40. The molecule has 2 heteroatoms. The maximum atomic E-state index is 6.79. The average Bonchev–Trinajstić information content (AvgIpc) is 2.98. The molecule has 0 fully saturated rings. The van der Waals surface area contributed by atoms with Gasteiger partial charge in [0.1, 0.15) is 11.5 Å². The number of hydrogen-bond donors (Lipinski definition) is 0. The number of benzene rings is 3. The van der Waals surface area contributed by atoms with Crippen LogP contribution in [0.3, 0.4) is 0 Å². The van der Waals surface area contributed by atoms with Crippen molar-refractivity contribution in [2.45, 2.75) is 23.6 Å². The minimum Gasteiger partial charge on any atom is -0.457 e. The Balaban J connectivity index is 1.79. The molecule has 3 aromatic rings. The fraction of sp³-hybridized carbons (Fsp3) is 0.154. The van der Waals surface area contributed by atoms with E-state index in [9.17, 15) is 0 Å². The molecule has 2 aliphatic carbocycles. The number of allylic oxidation sites excluding steroid dienone is 4. The number of halogens is 1. The van der Waals surface area contributed by atoms with Crippen molar-refractivity contribution in [2.75, 3.05) is 0 Å². The van der Waals surface area contributed by atoms with Gasteiger partial charge in [-0.25, -0.2) is 0 Å². The van der Waals surface area contributed by atoms with Crippen LogP contribution in [-0.2, 0) is 5.41 Å². The van der Waals surface area contributed by atoms with Crippen LogP contribution in [0.5, 0.6) is 11.5 Å². The van der Waals surface area contributed by atoms with E-state index < -0.39 is 0 Å². The van der Waals surface area contributed by atoms with Crippen molar-refractivity contribution in [1.29, 1.82) is 0 Å². The first-order valence-electron chi connectivity index (χ1n) is 9.70. The molecular weight excluding hydrogens is 364 g/mol. The molecule has 1 aliphatic heterocycles. The summed E-state index contributed by atoms with van der Waals surface area (Å²) in [4.78, 5) is -0.359. The lowest BCUT2D eigenvalue weighted by molar-refractivity contribution is 0.435. The van der Waals surface area contributed by atoms with Crippen LogP contribution in [0.2, 0.25) is 0 Å². The van der Waals surface area contributed by atoms with E-state index in [1.54, 1.807) is 0 Å². The third-order valence-corrected chi connectivity index (χ3v) is 6.57. The number of fused-ring (bicyclic) bond motifs is 8. The van der Waals surface area contributed by atoms with Gasteiger partial charge >= 0.3 is 0 Å². The van der Waals surface area contributed by atoms with Crippen molar-refractivity contribution in [3.8, 4) is 11.5 Å². The van der Waals surface area contributed by atoms with Gasteiger partial charge in [-0.15, -0.1) is 11.6 Å². The van der Waals surface area contributed by atoms with E-state index in [0.717, 1.165) is 17.9 Å². The molecule has 0 aromatic heterocycles. The lowest BCUT2D eigenvalue weighted by atomic mass is 9.64. The number of alkyl halides is 1. The van der Waals surface area contributed by atoms with Gasteiger partial charge in [0.15, 0.2) is 0 Å². The molecule has 3 aromatic carbocycles. The van der Waals surface area contributed by atoms with Gasteiger partial charge in [0.25, 0.3) is 0 Å². The van der Waals surface area contributed by atoms with Crippen LogP contribution in [0.15, 0.2) is 90.5 Å². The largest absolute Gasteiger partial charge is 0.457 e. The van der Waals surface area contributed by atoms with Crippen LogP contribution in [0.4, 0.5) is 0 Å². The van der Waals surface area contributed by atoms with Crippen LogP contribution in [-0.4, -0.2) is 4.87 Å².